The Labute approximate surface area is 144 Å². The summed E-state index contributed by atoms with van der Waals surface area (Å²) in [4.78, 5) is 16.8. The number of ether oxygens (including phenoxy) is 1. The third kappa shape index (κ3) is 3.19. The number of aryl methyl sites for hydroxylation is 3. The molecule has 0 saturated heterocycles. The Morgan fingerprint density at radius 1 is 1.25 bits per heavy atom. The Kier molecular flexibility index (Phi) is 4.40. The number of anilines is 1. The summed E-state index contributed by atoms with van der Waals surface area (Å²) in [5, 5.41) is 5.30. The highest BCUT2D eigenvalue weighted by Gasteiger charge is 2.15. The van der Waals surface area contributed by atoms with E-state index in [-0.39, 0.29) is 5.91 Å². The van der Waals surface area contributed by atoms with Crippen molar-refractivity contribution in [3.63, 3.8) is 0 Å². The molecule has 0 unspecified atom stereocenters. The number of amides is 1. The van der Waals surface area contributed by atoms with Crippen LogP contribution in [-0.2, 0) is 0 Å². The Bertz CT molecular complexity index is 896. The smallest absolute Gasteiger partial charge is 0.260 e. The molecule has 6 heteroatoms. The van der Waals surface area contributed by atoms with Crippen LogP contribution in [0.2, 0.25) is 0 Å². The lowest BCUT2D eigenvalue weighted by molar-refractivity contribution is 0.102. The molecule has 3 aromatic rings. The van der Waals surface area contributed by atoms with Crippen LogP contribution in [0.5, 0.6) is 5.75 Å². The third-order valence-corrected chi connectivity index (χ3v) is 4.46. The van der Waals surface area contributed by atoms with Gasteiger partial charge in [0, 0.05) is 10.9 Å². The van der Waals surface area contributed by atoms with E-state index in [1.165, 1.54) is 11.3 Å². The molecule has 0 radical (unpaired) electrons. The molecule has 1 amide bonds. The van der Waals surface area contributed by atoms with Crippen LogP contribution in [0.15, 0.2) is 34.1 Å². The third-order valence-electron chi connectivity index (χ3n) is 3.70. The molecular formula is C18H18N2O3S. The number of carbonyl (C=O) groups is 1. The van der Waals surface area contributed by atoms with Gasteiger partial charge in [-0.3, -0.25) is 10.1 Å². The van der Waals surface area contributed by atoms with Crippen molar-refractivity contribution in [3.8, 4) is 17.0 Å². The van der Waals surface area contributed by atoms with Crippen LogP contribution in [0.4, 0.5) is 5.13 Å². The van der Waals surface area contributed by atoms with E-state index in [0.29, 0.717) is 22.2 Å². The topological polar surface area (TPSA) is 64.4 Å². The van der Waals surface area contributed by atoms with Gasteiger partial charge in [0.15, 0.2) is 5.13 Å². The molecule has 5 nitrogen and oxygen atoms in total. The average Bonchev–Trinajstić information content (AvgIpc) is 3.13. The molecule has 24 heavy (non-hydrogen) atoms. The second-order valence-corrected chi connectivity index (χ2v) is 6.36. The minimum Gasteiger partial charge on any atom is -0.496 e. The fraction of sp³-hybridized carbons (Fsp3) is 0.222. The van der Waals surface area contributed by atoms with Gasteiger partial charge >= 0.3 is 0 Å². The first-order chi connectivity index (χ1) is 11.5. The predicted molar refractivity (Wildman–Crippen MR) is 95.0 cm³/mol. The molecule has 124 valence electrons. The van der Waals surface area contributed by atoms with Crippen LogP contribution in [-0.4, -0.2) is 18.0 Å². The van der Waals surface area contributed by atoms with Crippen molar-refractivity contribution >= 4 is 22.4 Å². The zero-order chi connectivity index (χ0) is 17.3. The number of rotatable bonds is 4. The number of furan rings is 1. The van der Waals surface area contributed by atoms with Crippen molar-refractivity contribution in [2.75, 3.05) is 12.4 Å². The van der Waals surface area contributed by atoms with Gasteiger partial charge in [0.05, 0.1) is 18.4 Å². The van der Waals surface area contributed by atoms with Gasteiger partial charge < -0.3 is 9.15 Å². The van der Waals surface area contributed by atoms with E-state index in [1.54, 1.807) is 20.1 Å². The fourth-order valence-corrected chi connectivity index (χ4v) is 3.24. The molecule has 0 atom stereocenters. The molecule has 1 aromatic carbocycles. The van der Waals surface area contributed by atoms with E-state index in [2.05, 4.69) is 10.3 Å². The number of nitrogens with one attached hydrogen (secondary N) is 1. The lowest BCUT2D eigenvalue weighted by atomic mass is 10.1. The van der Waals surface area contributed by atoms with Crippen molar-refractivity contribution in [2.45, 2.75) is 20.8 Å². The van der Waals surface area contributed by atoms with Gasteiger partial charge in [-0.05, 0) is 50.6 Å². The van der Waals surface area contributed by atoms with Gasteiger partial charge in [0.2, 0.25) is 0 Å². The first-order valence-corrected chi connectivity index (χ1v) is 8.35. The predicted octanol–water partition coefficient (Wildman–Crippen LogP) is 4.59. The van der Waals surface area contributed by atoms with Gasteiger partial charge in [-0.1, -0.05) is 0 Å². The van der Waals surface area contributed by atoms with E-state index in [0.717, 1.165) is 22.6 Å². The zero-order valence-corrected chi connectivity index (χ0v) is 14.8. The Morgan fingerprint density at radius 2 is 2.04 bits per heavy atom. The van der Waals surface area contributed by atoms with E-state index < -0.39 is 0 Å². The maximum Gasteiger partial charge on any atom is 0.260 e. The van der Waals surface area contributed by atoms with Gasteiger partial charge in [-0.2, -0.15) is 0 Å². The molecule has 0 saturated carbocycles. The Hall–Kier alpha value is -2.60. The lowest BCUT2D eigenvalue weighted by Crippen LogP contribution is -2.11. The number of benzene rings is 1. The maximum atomic E-state index is 12.3. The lowest BCUT2D eigenvalue weighted by Gasteiger charge is -2.05. The molecule has 2 heterocycles. The molecule has 1 N–H and O–H groups in total. The molecule has 0 spiro atoms. The number of methoxy groups -OCH3 is 1. The maximum absolute atomic E-state index is 12.3. The monoisotopic (exact) mass is 342 g/mol. The molecule has 3 rings (SSSR count). The van der Waals surface area contributed by atoms with Crippen molar-refractivity contribution < 1.29 is 13.9 Å². The summed E-state index contributed by atoms with van der Waals surface area (Å²) >= 11 is 1.39. The molecule has 0 aliphatic heterocycles. The fourth-order valence-electron chi connectivity index (χ4n) is 2.52. The summed E-state index contributed by atoms with van der Waals surface area (Å²) in [6.07, 6.45) is 0. The molecule has 0 aliphatic rings. The Morgan fingerprint density at radius 3 is 2.67 bits per heavy atom. The number of thiazole rings is 1. The highest BCUT2D eigenvalue weighted by Crippen LogP contribution is 2.29. The highest BCUT2D eigenvalue weighted by atomic mass is 32.1. The summed E-state index contributed by atoms with van der Waals surface area (Å²) in [7, 11) is 1.65. The SMILES string of the molecule is COc1ccc(-c2csc(NC(=O)c3cc(C)oc3C)n2)cc1C. The van der Waals surface area contributed by atoms with Crippen LogP contribution in [0.1, 0.15) is 27.4 Å². The second-order valence-electron chi connectivity index (χ2n) is 5.50. The first-order valence-electron chi connectivity index (χ1n) is 7.47. The van der Waals surface area contributed by atoms with Crippen molar-refractivity contribution in [1.82, 2.24) is 4.98 Å². The van der Waals surface area contributed by atoms with Gasteiger partial charge in [-0.25, -0.2) is 4.98 Å². The molecule has 0 bridgehead atoms. The summed E-state index contributed by atoms with van der Waals surface area (Å²) in [6, 6.07) is 7.62. The van der Waals surface area contributed by atoms with E-state index in [4.69, 9.17) is 9.15 Å². The summed E-state index contributed by atoms with van der Waals surface area (Å²) in [5.41, 5.74) is 3.38. The largest absolute Gasteiger partial charge is 0.496 e. The first kappa shape index (κ1) is 16.3. The molecule has 0 aliphatic carbocycles. The van der Waals surface area contributed by atoms with Gasteiger partial charge in [0.25, 0.3) is 5.91 Å². The molecule has 2 aromatic heterocycles. The second kappa shape index (κ2) is 6.49. The number of hydrogen-bond donors (Lipinski definition) is 1. The number of nitrogens with zero attached hydrogens (tertiary/aromatic N) is 1. The minimum atomic E-state index is -0.212. The van der Waals surface area contributed by atoms with E-state index in [9.17, 15) is 4.79 Å². The zero-order valence-electron chi connectivity index (χ0n) is 14.0. The average molecular weight is 342 g/mol. The Balaban J connectivity index is 1.79. The molecular weight excluding hydrogens is 324 g/mol. The summed E-state index contributed by atoms with van der Waals surface area (Å²) in [6.45, 7) is 5.58. The van der Waals surface area contributed by atoms with Gasteiger partial charge in [-0.15, -0.1) is 11.3 Å². The van der Waals surface area contributed by atoms with Crippen LogP contribution >= 0.6 is 11.3 Å². The normalized spacial score (nSPS) is 10.7. The number of carbonyl (C=O) groups excluding carboxylic acids is 1. The van der Waals surface area contributed by atoms with Crippen molar-refractivity contribution in [2.24, 2.45) is 0 Å². The summed E-state index contributed by atoms with van der Waals surface area (Å²) in [5.74, 6) is 1.95. The van der Waals surface area contributed by atoms with Crippen molar-refractivity contribution in [1.29, 1.82) is 0 Å². The quantitative estimate of drug-likeness (QED) is 0.753. The minimum absolute atomic E-state index is 0.212. The summed E-state index contributed by atoms with van der Waals surface area (Å²) < 4.78 is 10.7. The van der Waals surface area contributed by atoms with E-state index >= 15 is 0 Å². The van der Waals surface area contributed by atoms with Crippen LogP contribution in [0.25, 0.3) is 11.3 Å². The molecule has 0 fully saturated rings. The van der Waals surface area contributed by atoms with Gasteiger partial charge in [0.1, 0.15) is 17.3 Å². The number of hydrogen-bond acceptors (Lipinski definition) is 5. The number of aromatic nitrogens is 1. The van der Waals surface area contributed by atoms with Crippen LogP contribution in [0, 0.1) is 20.8 Å². The van der Waals surface area contributed by atoms with Crippen molar-refractivity contribution in [3.05, 3.63) is 52.3 Å². The van der Waals surface area contributed by atoms with Crippen LogP contribution in [0.3, 0.4) is 0 Å². The standard InChI is InChI=1S/C18H18N2O3S/c1-10-7-13(5-6-16(10)22-4)15-9-24-18(19-15)20-17(21)14-8-11(2)23-12(14)3/h5-9H,1-4H3,(H,19,20,21). The van der Waals surface area contributed by atoms with E-state index in [1.807, 2.05) is 37.4 Å². The highest BCUT2D eigenvalue weighted by molar-refractivity contribution is 7.14. The van der Waals surface area contributed by atoms with Crippen LogP contribution < -0.4 is 10.1 Å².